The molecule has 0 saturated heterocycles. The molecule has 0 saturated carbocycles. The number of carbonyl (C=O) groups is 1. The lowest BCUT2D eigenvalue weighted by molar-refractivity contribution is 0.0928. The van der Waals surface area contributed by atoms with Crippen molar-refractivity contribution in [2.45, 2.75) is 90.4 Å². The second-order valence-electron chi connectivity index (χ2n) is 9.36. The predicted molar refractivity (Wildman–Crippen MR) is 111 cm³/mol. The summed E-state index contributed by atoms with van der Waals surface area (Å²) in [5.74, 6) is 1.48. The molecule has 3 nitrogen and oxygen atoms in total. The van der Waals surface area contributed by atoms with Gasteiger partial charge in [0.05, 0.1) is 12.5 Å². The van der Waals surface area contributed by atoms with Crippen LogP contribution in [0.4, 0.5) is 0 Å². The zero-order chi connectivity index (χ0) is 19.8. The van der Waals surface area contributed by atoms with Crippen LogP contribution >= 0.6 is 0 Å². The highest BCUT2D eigenvalue weighted by atomic mass is 16.5. The van der Waals surface area contributed by atoms with Gasteiger partial charge in [-0.3, -0.25) is 4.79 Å². The van der Waals surface area contributed by atoms with Crippen LogP contribution in [0.5, 0.6) is 5.75 Å². The Hall–Kier alpha value is -1.77. The Labute approximate surface area is 163 Å². The lowest BCUT2D eigenvalue weighted by Crippen LogP contribution is -2.26. The smallest absolute Gasteiger partial charge is 0.198 e. The highest BCUT2D eigenvalue weighted by Crippen LogP contribution is 2.47. The van der Waals surface area contributed by atoms with E-state index in [1.165, 1.54) is 31.2 Å². The molecule has 3 rings (SSSR count). The molecule has 1 aromatic heterocycles. The van der Waals surface area contributed by atoms with Crippen LogP contribution in [0.1, 0.15) is 101 Å². The summed E-state index contributed by atoms with van der Waals surface area (Å²) >= 11 is 0. The van der Waals surface area contributed by atoms with Crippen LogP contribution in [0.2, 0.25) is 0 Å². The van der Waals surface area contributed by atoms with Crippen LogP contribution in [0.25, 0.3) is 11.0 Å². The van der Waals surface area contributed by atoms with Gasteiger partial charge in [-0.2, -0.15) is 0 Å². The third kappa shape index (κ3) is 3.66. The summed E-state index contributed by atoms with van der Waals surface area (Å²) in [5.41, 5.74) is 3.00. The van der Waals surface area contributed by atoms with E-state index < -0.39 is 0 Å². The highest BCUT2D eigenvalue weighted by molar-refractivity contribution is 6.04. The summed E-state index contributed by atoms with van der Waals surface area (Å²) in [6.45, 7) is 11.2. The fourth-order valence-corrected chi connectivity index (χ4v) is 4.39. The zero-order valence-electron chi connectivity index (χ0n) is 17.8. The van der Waals surface area contributed by atoms with Crippen molar-refractivity contribution in [1.29, 1.82) is 0 Å². The fraction of sp³-hybridized carbons (Fsp3) is 0.625. The highest BCUT2D eigenvalue weighted by Gasteiger charge is 2.38. The molecule has 0 radical (unpaired) electrons. The molecule has 0 N–H and O–H groups in total. The van der Waals surface area contributed by atoms with Crippen LogP contribution in [0, 0.1) is 0 Å². The largest absolute Gasteiger partial charge is 0.496 e. The van der Waals surface area contributed by atoms with Gasteiger partial charge in [-0.25, -0.2) is 0 Å². The first-order chi connectivity index (χ1) is 12.7. The number of fused-ring (bicyclic) bond motifs is 3. The Morgan fingerprint density at radius 3 is 2.59 bits per heavy atom. The van der Waals surface area contributed by atoms with Crippen molar-refractivity contribution in [3.8, 4) is 5.75 Å². The third-order valence-corrected chi connectivity index (χ3v) is 6.32. The number of ketones is 1. The first-order valence-corrected chi connectivity index (χ1v) is 10.4. The van der Waals surface area contributed by atoms with E-state index in [1.807, 2.05) is 0 Å². The number of hydrogen-bond donors (Lipinski definition) is 0. The maximum atomic E-state index is 12.5. The van der Waals surface area contributed by atoms with Crippen LogP contribution in [0.15, 0.2) is 16.5 Å². The second-order valence-corrected chi connectivity index (χ2v) is 9.36. The summed E-state index contributed by atoms with van der Waals surface area (Å²) in [6.07, 6.45) is 7.58. The van der Waals surface area contributed by atoms with Gasteiger partial charge in [-0.05, 0) is 41.4 Å². The van der Waals surface area contributed by atoms with Crippen molar-refractivity contribution in [3.63, 3.8) is 0 Å². The van der Waals surface area contributed by atoms with E-state index in [4.69, 9.17) is 9.15 Å². The summed E-state index contributed by atoms with van der Waals surface area (Å²) in [4.78, 5) is 12.5. The summed E-state index contributed by atoms with van der Waals surface area (Å²) in [5, 5.41) is 0.982. The normalized spacial score (nSPS) is 16.6. The molecule has 0 spiro atoms. The summed E-state index contributed by atoms with van der Waals surface area (Å²) in [6, 6.07) is 4.30. The Bertz CT molecular complexity index is 839. The molecule has 1 heterocycles. The molecule has 1 aromatic carbocycles. The number of ether oxygens (including phenoxy) is 1. The minimum atomic E-state index is -0.0844. The molecule has 0 bridgehead atoms. The average molecular weight is 371 g/mol. The lowest BCUT2D eigenvalue weighted by atomic mass is 9.73. The van der Waals surface area contributed by atoms with Gasteiger partial charge in [0, 0.05) is 12.0 Å². The van der Waals surface area contributed by atoms with Crippen molar-refractivity contribution in [1.82, 2.24) is 0 Å². The van der Waals surface area contributed by atoms with E-state index in [0.29, 0.717) is 12.2 Å². The van der Waals surface area contributed by atoms with E-state index in [1.54, 1.807) is 7.11 Å². The third-order valence-electron chi connectivity index (χ3n) is 6.32. The van der Waals surface area contributed by atoms with Gasteiger partial charge in [0.1, 0.15) is 11.3 Å². The van der Waals surface area contributed by atoms with Crippen molar-refractivity contribution >= 4 is 16.8 Å². The number of benzene rings is 1. The van der Waals surface area contributed by atoms with E-state index in [2.05, 4.69) is 46.8 Å². The van der Waals surface area contributed by atoms with Crippen LogP contribution in [-0.2, 0) is 10.8 Å². The Morgan fingerprint density at radius 1 is 1.19 bits per heavy atom. The topological polar surface area (TPSA) is 39.4 Å². The van der Waals surface area contributed by atoms with Crippen LogP contribution < -0.4 is 4.74 Å². The first kappa shape index (κ1) is 20.0. The molecule has 0 unspecified atom stereocenters. The van der Waals surface area contributed by atoms with Crippen molar-refractivity contribution in [2.75, 3.05) is 7.11 Å². The molecular weight excluding hydrogens is 336 g/mol. The number of Topliss-reactive ketones (excluding diaryl/α,β-unsaturated/α-hetero) is 1. The Balaban J connectivity index is 2.08. The van der Waals surface area contributed by atoms with Gasteiger partial charge >= 0.3 is 0 Å². The molecule has 1 aliphatic carbocycles. The Kier molecular flexibility index (Phi) is 5.42. The van der Waals surface area contributed by atoms with Gasteiger partial charge in [0.15, 0.2) is 11.5 Å². The quantitative estimate of drug-likeness (QED) is 0.495. The van der Waals surface area contributed by atoms with Gasteiger partial charge in [0.25, 0.3) is 0 Å². The zero-order valence-corrected chi connectivity index (χ0v) is 17.8. The fourth-order valence-electron chi connectivity index (χ4n) is 4.39. The molecule has 0 aliphatic heterocycles. The molecule has 1 aliphatic rings. The maximum absolute atomic E-state index is 12.5. The summed E-state index contributed by atoms with van der Waals surface area (Å²) in [7, 11) is 1.71. The minimum Gasteiger partial charge on any atom is -0.496 e. The summed E-state index contributed by atoms with van der Waals surface area (Å²) < 4.78 is 11.9. The SMILES string of the molecule is CCCCCCC(C)(C)c1cc(OC)c2c3c(oc2c1)C(=O)CCC3(C)C. The maximum Gasteiger partial charge on any atom is 0.198 e. The van der Waals surface area contributed by atoms with E-state index in [9.17, 15) is 4.79 Å². The van der Waals surface area contributed by atoms with Crippen molar-refractivity contribution in [2.24, 2.45) is 0 Å². The predicted octanol–water partition coefficient (Wildman–Crippen LogP) is 6.94. The molecule has 2 aromatic rings. The molecule has 0 fully saturated rings. The molecular formula is C24H34O3. The minimum absolute atomic E-state index is 0.0437. The van der Waals surface area contributed by atoms with E-state index >= 15 is 0 Å². The lowest BCUT2D eigenvalue weighted by Gasteiger charge is -2.29. The number of unbranched alkanes of at least 4 members (excludes halogenated alkanes) is 3. The van der Waals surface area contributed by atoms with Crippen molar-refractivity contribution in [3.05, 3.63) is 29.0 Å². The number of rotatable bonds is 7. The standard InChI is InChI=1S/C24H34O3/c1-7-8-9-10-12-23(2,3)16-14-18(26-6)20-19(15-16)27-22-17(25)11-13-24(4,5)21(20)22/h14-15H,7-13H2,1-6H3. The molecule has 3 heteroatoms. The number of methoxy groups -OCH3 is 1. The van der Waals surface area contributed by atoms with Gasteiger partial charge < -0.3 is 9.15 Å². The van der Waals surface area contributed by atoms with Gasteiger partial charge in [-0.15, -0.1) is 0 Å². The molecule has 0 atom stereocenters. The first-order valence-electron chi connectivity index (χ1n) is 10.4. The van der Waals surface area contributed by atoms with E-state index in [0.717, 1.165) is 35.1 Å². The van der Waals surface area contributed by atoms with Crippen molar-refractivity contribution < 1.29 is 13.9 Å². The van der Waals surface area contributed by atoms with Gasteiger partial charge in [-0.1, -0.05) is 60.3 Å². The number of carbonyl (C=O) groups excluding carboxylic acids is 1. The Morgan fingerprint density at radius 2 is 1.93 bits per heavy atom. The van der Waals surface area contributed by atoms with E-state index in [-0.39, 0.29) is 16.6 Å². The van der Waals surface area contributed by atoms with Crippen LogP contribution in [-0.4, -0.2) is 12.9 Å². The number of furan rings is 1. The number of hydrogen-bond acceptors (Lipinski definition) is 3. The molecule has 148 valence electrons. The molecule has 0 amide bonds. The van der Waals surface area contributed by atoms with Gasteiger partial charge in [0.2, 0.25) is 0 Å². The van der Waals surface area contributed by atoms with Crippen LogP contribution in [0.3, 0.4) is 0 Å². The second kappa shape index (κ2) is 7.33. The molecule has 27 heavy (non-hydrogen) atoms. The average Bonchev–Trinajstić information content (AvgIpc) is 3.03. The monoisotopic (exact) mass is 370 g/mol.